The maximum Gasteiger partial charge on any atom is 0.186 e. The molecule has 0 spiro atoms. The maximum absolute atomic E-state index is 11.9. The fourth-order valence-corrected chi connectivity index (χ4v) is 2.01. The molecule has 2 heterocycles. The lowest BCUT2D eigenvalue weighted by atomic mass is 10.1. The summed E-state index contributed by atoms with van der Waals surface area (Å²) in [6, 6.07) is 6.63. The first-order valence-corrected chi connectivity index (χ1v) is 5.40. The number of carbonyl (C=O) groups is 1. The van der Waals surface area contributed by atoms with E-state index in [1.807, 2.05) is 17.5 Å². The van der Waals surface area contributed by atoms with Gasteiger partial charge >= 0.3 is 0 Å². The Labute approximate surface area is 91.6 Å². The molecule has 2 aromatic rings. The fraction of sp³-hybridized carbons (Fsp3) is 0.0909. The van der Waals surface area contributed by atoms with Crippen LogP contribution in [0.25, 0.3) is 0 Å². The summed E-state index contributed by atoms with van der Waals surface area (Å²) in [7, 11) is 0. The van der Waals surface area contributed by atoms with Gasteiger partial charge in [0.15, 0.2) is 5.78 Å². The van der Waals surface area contributed by atoms with Gasteiger partial charge in [0.2, 0.25) is 0 Å². The Hall–Kier alpha value is -1.52. The quantitative estimate of drug-likeness (QED) is 0.802. The Morgan fingerprint density at radius 3 is 2.87 bits per heavy atom. The number of ketones is 1. The van der Waals surface area contributed by atoms with Crippen molar-refractivity contribution in [1.29, 1.82) is 0 Å². The van der Waals surface area contributed by atoms with Crippen LogP contribution in [0.4, 0.5) is 0 Å². The highest BCUT2D eigenvalue weighted by atomic mass is 32.1. The van der Waals surface area contributed by atoms with Crippen LogP contribution < -0.4 is 5.73 Å². The van der Waals surface area contributed by atoms with Gasteiger partial charge in [0.05, 0.1) is 0 Å². The Kier molecular flexibility index (Phi) is 2.89. The molecule has 15 heavy (non-hydrogen) atoms. The zero-order valence-electron chi connectivity index (χ0n) is 7.96. The molecule has 3 nitrogen and oxygen atoms in total. The van der Waals surface area contributed by atoms with Crippen molar-refractivity contribution in [2.75, 3.05) is 0 Å². The second-order valence-corrected chi connectivity index (χ2v) is 4.08. The molecule has 0 amide bonds. The summed E-state index contributed by atoms with van der Waals surface area (Å²) in [4.78, 5) is 16.7. The SMILES string of the molecule is NC(C(=O)c1cccnc1)c1cccs1. The van der Waals surface area contributed by atoms with Gasteiger partial charge in [0.25, 0.3) is 0 Å². The molecule has 0 bridgehead atoms. The van der Waals surface area contributed by atoms with Crippen molar-refractivity contribution in [3.8, 4) is 0 Å². The smallest absolute Gasteiger partial charge is 0.186 e. The van der Waals surface area contributed by atoms with Crippen LogP contribution in [0.2, 0.25) is 0 Å². The predicted molar refractivity (Wildman–Crippen MR) is 59.8 cm³/mol. The molecule has 0 saturated carbocycles. The van der Waals surface area contributed by atoms with Crippen LogP contribution in [-0.4, -0.2) is 10.8 Å². The van der Waals surface area contributed by atoms with Crippen LogP contribution in [0.3, 0.4) is 0 Å². The van der Waals surface area contributed by atoms with Gasteiger partial charge in [-0.05, 0) is 23.6 Å². The number of nitrogens with two attached hydrogens (primary N) is 1. The third kappa shape index (κ3) is 2.11. The second-order valence-electron chi connectivity index (χ2n) is 3.10. The number of aromatic nitrogens is 1. The average molecular weight is 218 g/mol. The van der Waals surface area contributed by atoms with E-state index in [-0.39, 0.29) is 5.78 Å². The van der Waals surface area contributed by atoms with Gasteiger partial charge in [0.1, 0.15) is 6.04 Å². The van der Waals surface area contributed by atoms with E-state index >= 15 is 0 Å². The lowest BCUT2D eigenvalue weighted by molar-refractivity contribution is 0.0962. The standard InChI is InChI=1S/C11H10N2OS/c12-10(9-4-2-6-15-9)11(14)8-3-1-5-13-7-8/h1-7,10H,12H2. The first-order valence-electron chi connectivity index (χ1n) is 4.52. The average Bonchev–Trinajstić information content (AvgIpc) is 2.82. The normalized spacial score (nSPS) is 12.3. The largest absolute Gasteiger partial charge is 0.317 e. The molecule has 2 aromatic heterocycles. The molecule has 0 aliphatic heterocycles. The van der Waals surface area contributed by atoms with E-state index in [1.165, 1.54) is 17.5 Å². The van der Waals surface area contributed by atoms with Crippen molar-refractivity contribution < 1.29 is 4.79 Å². The van der Waals surface area contributed by atoms with E-state index in [1.54, 1.807) is 18.3 Å². The number of pyridine rings is 1. The van der Waals surface area contributed by atoms with E-state index in [0.29, 0.717) is 5.56 Å². The molecular weight excluding hydrogens is 208 g/mol. The summed E-state index contributed by atoms with van der Waals surface area (Å²) in [6.45, 7) is 0. The van der Waals surface area contributed by atoms with Crippen molar-refractivity contribution >= 4 is 17.1 Å². The lowest BCUT2D eigenvalue weighted by Gasteiger charge is -2.07. The van der Waals surface area contributed by atoms with E-state index in [4.69, 9.17) is 5.73 Å². The van der Waals surface area contributed by atoms with E-state index < -0.39 is 6.04 Å². The molecule has 76 valence electrons. The summed E-state index contributed by atoms with van der Waals surface area (Å²) in [5.41, 5.74) is 6.40. The highest BCUT2D eigenvalue weighted by Crippen LogP contribution is 2.20. The first-order chi connectivity index (χ1) is 7.29. The molecule has 0 aliphatic rings. The molecule has 2 rings (SSSR count). The van der Waals surface area contributed by atoms with Gasteiger partial charge in [-0.2, -0.15) is 0 Å². The highest BCUT2D eigenvalue weighted by Gasteiger charge is 2.18. The summed E-state index contributed by atoms with van der Waals surface area (Å²) < 4.78 is 0. The number of hydrogen-bond acceptors (Lipinski definition) is 4. The van der Waals surface area contributed by atoms with Gasteiger partial charge in [-0.1, -0.05) is 6.07 Å². The summed E-state index contributed by atoms with van der Waals surface area (Å²) in [5.74, 6) is -0.0921. The minimum atomic E-state index is -0.575. The van der Waals surface area contributed by atoms with Crippen molar-refractivity contribution in [3.05, 3.63) is 52.5 Å². The number of nitrogens with zero attached hydrogens (tertiary/aromatic N) is 1. The Morgan fingerprint density at radius 2 is 2.27 bits per heavy atom. The molecule has 0 radical (unpaired) electrons. The topological polar surface area (TPSA) is 56.0 Å². The number of thiophene rings is 1. The van der Waals surface area contributed by atoms with Crippen LogP contribution in [0.15, 0.2) is 42.0 Å². The van der Waals surface area contributed by atoms with Gasteiger partial charge in [0, 0.05) is 22.8 Å². The van der Waals surface area contributed by atoms with E-state index in [2.05, 4.69) is 4.98 Å². The van der Waals surface area contributed by atoms with Crippen molar-refractivity contribution in [2.24, 2.45) is 5.73 Å². The summed E-state index contributed by atoms with van der Waals surface area (Å²) in [6.07, 6.45) is 3.17. The van der Waals surface area contributed by atoms with Crippen LogP contribution >= 0.6 is 11.3 Å². The van der Waals surface area contributed by atoms with Gasteiger partial charge in [-0.15, -0.1) is 11.3 Å². The number of Topliss-reactive ketones (excluding diaryl/α,β-unsaturated/α-hetero) is 1. The number of hydrogen-bond donors (Lipinski definition) is 1. The molecule has 4 heteroatoms. The van der Waals surface area contributed by atoms with Gasteiger partial charge in [-0.25, -0.2) is 0 Å². The Balaban J connectivity index is 2.23. The maximum atomic E-state index is 11.9. The van der Waals surface area contributed by atoms with Crippen molar-refractivity contribution in [2.45, 2.75) is 6.04 Å². The Bertz CT molecular complexity index is 439. The van der Waals surface area contributed by atoms with Crippen molar-refractivity contribution in [3.63, 3.8) is 0 Å². The minimum Gasteiger partial charge on any atom is -0.317 e. The third-order valence-electron chi connectivity index (χ3n) is 2.08. The molecule has 0 saturated heterocycles. The molecule has 0 aliphatic carbocycles. The molecular formula is C11H10N2OS. The fourth-order valence-electron chi connectivity index (χ4n) is 1.29. The molecule has 1 atom stereocenters. The molecule has 1 unspecified atom stereocenters. The first kappa shape index (κ1) is 10.0. The third-order valence-corrected chi connectivity index (χ3v) is 3.03. The van der Waals surface area contributed by atoms with Crippen LogP contribution in [-0.2, 0) is 0 Å². The van der Waals surface area contributed by atoms with Gasteiger partial charge in [-0.3, -0.25) is 9.78 Å². The number of carbonyl (C=O) groups excluding carboxylic acids is 1. The summed E-state index contributed by atoms with van der Waals surface area (Å²) >= 11 is 1.49. The zero-order valence-corrected chi connectivity index (χ0v) is 8.78. The monoisotopic (exact) mass is 218 g/mol. The molecule has 2 N–H and O–H groups in total. The van der Waals surface area contributed by atoms with Crippen LogP contribution in [0.1, 0.15) is 21.3 Å². The van der Waals surface area contributed by atoms with Crippen LogP contribution in [0, 0.1) is 0 Å². The lowest BCUT2D eigenvalue weighted by Crippen LogP contribution is -2.20. The van der Waals surface area contributed by atoms with Crippen LogP contribution in [0.5, 0.6) is 0 Å². The van der Waals surface area contributed by atoms with E-state index in [9.17, 15) is 4.79 Å². The molecule has 0 aromatic carbocycles. The van der Waals surface area contributed by atoms with Crippen molar-refractivity contribution in [1.82, 2.24) is 4.98 Å². The highest BCUT2D eigenvalue weighted by molar-refractivity contribution is 7.10. The Morgan fingerprint density at radius 1 is 1.40 bits per heavy atom. The second kappa shape index (κ2) is 4.33. The minimum absolute atomic E-state index is 0.0921. The molecule has 0 fully saturated rings. The zero-order chi connectivity index (χ0) is 10.7. The van der Waals surface area contributed by atoms with Gasteiger partial charge < -0.3 is 5.73 Å². The number of rotatable bonds is 3. The summed E-state index contributed by atoms with van der Waals surface area (Å²) in [5, 5.41) is 1.91. The van der Waals surface area contributed by atoms with E-state index in [0.717, 1.165) is 4.88 Å². The predicted octanol–water partition coefficient (Wildman–Crippen LogP) is 2.03.